The number of halogens is 3. The van der Waals surface area contributed by atoms with Gasteiger partial charge in [-0.15, -0.1) is 0 Å². The zero-order chi connectivity index (χ0) is 14.9. The van der Waals surface area contributed by atoms with Gasteiger partial charge < -0.3 is 5.11 Å². The molecule has 0 aliphatic heterocycles. The van der Waals surface area contributed by atoms with Gasteiger partial charge in [0.05, 0.1) is 4.90 Å². The summed E-state index contributed by atoms with van der Waals surface area (Å²) in [5.74, 6) is -2.38. The number of benzene rings is 2. The van der Waals surface area contributed by atoms with Crippen molar-refractivity contribution in [3.63, 3.8) is 0 Å². The minimum Gasteiger partial charge on any atom is -0.508 e. The molecule has 8 heteroatoms. The third-order valence-corrected chi connectivity index (χ3v) is 4.18. The number of hydrogen-bond acceptors (Lipinski definition) is 3. The summed E-state index contributed by atoms with van der Waals surface area (Å²) in [4.78, 5) is -0.306. The highest BCUT2D eigenvalue weighted by atomic mass is 79.9. The average Bonchev–Trinajstić information content (AvgIpc) is 2.34. The van der Waals surface area contributed by atoms with Gasteiger partial charge in [0.2, 0.25) is 0 Å². The first-order valence-electron chi connectivity index (χ1n) is 5.26. The Balaban J connectivity index is 2.44. The van der Waals surface area contributed by atoms with Gasteiger partial charge in [-0.2, -0.15) is 0 Å². The van der Waals surface area contributed by atoms with E-state index in [4.69, 9.17) is 0 Å². The summed E-state index contributed by atoms with van der Waals surface area (Å²) < 4.78 is 53.1. The second-order valence-electron chi connectivity index (χ2n) is 3.85. The number of nitrogens with one attached hydrogen (secondary N) is 1. The molecule has 0 heterocycles. The Hall–Kier alpha value is -1.67. The van der Waals surface area contributed by atoms with Gasteiger partial charge in [-0.1, -0.05) is 22.0 Å². The molecule has 0 aromatic heterocycles. The van der Waals surface area contributed by atoms with Crippen LogP contribution in [0, 0.1) is 11.6 Å². The lowest BCUT2D eigenvalue weighted by atomic mass is 10.3. The predicted octanol–water partition coefficient (Wildman–Crippen LogP) is 3.23. The minimum absolute atomic E-state index is 0.146. The van der Waals surface area contributed by atoms with Crippen LogP contribution in [0.1, 0.15) is 0 Å². The Morgan fingerprint density at radius 1 is 1.10 bits per heavy atom. The van der Waals surface area contributed by atoms with Crippen molar-refractivity contribution in [3.05, 3.63) is 52.5 Å². The van der Waals surface area contributed by atoms with Gasteiger partial charge in [0, 0.05) is 10.5 Å². The molecule has 0 unspecified atom stereocenters. The van der Waals surface area contributed by atoms with Crippen LogP contribution < -0.4 is 4.72 Å². The first-order chi connectivity index (χ1) is 9.29. The van der Waals surface area contributed by atoms with Crippen LogP contribution in [0.4, 0.5) is 14.5 Å². The summed E-state index contributed by atoms with van der Waals surface area (Å²) in [5.41, 5.74) is -0.781. The van der Waals surface area contributed by atoms with E-state index < -0.39 is 27.3 Å². The fourth-order valence-electron chi connectivity index (χ4n) is 1.48. The number of hydrogen-bond donors (Lipinski definition) is 2. The summed E-state index contributed by atoms with van der Waals surface area (Å²) in [6.07, 6.45) is 0. The SMILES string of the molecule is O=S(=O)(Nc1c(F)cc(Br)cc1F)c1cccc(O)c1. The van der Waals surface area contributed by atoms with Gasteiger partial charge in [0.1, 0.15) is 11.4 Å². The van der Waals surface area contributed by atoms with Crippen molar-refractivity contribution >= 4 is 31.6 Å². The Labute approximate surface area is 122 Å². The van der Waals surface area contributed by atoms with E-state index in [-0.39, 0.29) is 15.1 Å². The highest BCUT2D eigenvalue weighted by molar-refractivity contribution is 9.10. The van der Waals surface area contributed by atoms with Crippen molar-refractivity contribution < 1.29 is 22.3 Å². The van der Waals surface area contributed by atoms with Gasteiger partial charge in [-0.25, -0.2) is 17.2 Å². The highest BCUT2D eigenvalue weighted by Crippen LogP contribution is 2.26. The van der Waals surface area contributed by atoms with Gasteiger partial charge in [-0.05, 0) is 24.3 Å². The molecule has 0 aliphatic rings. The van der Waals surface area contributed by atoms with Crippen LogP contribution in [-0.4, -0.2) is 13.5 Å². The van der Waals surface area contributed by atoms with Crippen LogP contribution in [0.2, 0.25) is 0 Å². The van der Waals surface area contributed by atoms with Crippen molar-refractivity contribution in [3.8, 4) is 5.75 Å². The fraction of sp³-hybridized carbons (Fsp3) is 0. The number of sulfonamides is 1. The normalized spacial score (nSPS) is 11.3. The maximum atomic E-state index is 13.6. The third kappa shape index (κ3) is 3.07. The summed E-state index contributed by atoms with van der Waals surface area (Å²) in [5, 5.41) is 9.24. The molecule has 2 rings (SSSR count). The van der Waals surface area contributed by atoms with E-state index in [1.165, 1.54) is 18.2 Å². The maximum Gasteiger partial charge on any atom is 0.262 e. The smallest absolute Gasteiger partial charge is 0.262 e. The molecule has 106 valence electrons. The molecule has 4 nitrogen and oxygen atoms in total. The fourth-order valence-corrected chi connectivity index (χ4v) is 3.00. The summed E-state index contributed by atoms with van der Waals surface area (Å²) in [7, 11) is -4.20. The van der Waals surface area contributed by atoms with Crippen LogP contribution in [0.25, 0.3) is 0 Å². The highest BCUT2D eigenvalue weighted by Gasteiger charge is 2.20. The monoisotopic (exact) mass is 363 g/mol. The van der Waals surface area contributed by atoms with E-state index in [1.54, 1.807) is 0 Å². The van der Waals surface area contributed by atoms with E-state index in [2.05, 4.69) is 15.9 Å². The van der Waals surface area contributed by atoms with Crippen molar-refractivity contribution in [1.29, 1.82) is 0 Å². The van der Waals surface area contributed by atoms with Crippen molar-refractivity contribution in [1.82, 2.24) is 0 Å². The van der Waals surface area contributed by atoms with Crippen LogP contribution in [0.15, 0.2) is 45.8 Å². The van der Waals surface area contributed by atoms with Gasteiger partial charge in [0.15, 0.2) is 11.6 Å². The molecule has 0 amide bonds. The minimum atomic E-state index is -4.20. The van der Waals surface area contributed by atoms with E-state index in [0.29, 0.717) is 0 Å². The molecule has 0 aliphatic carbocycles. The Bertz CT molecular complexity index is 742. The van der Waals surface area contributed by atoms with Crippen molar-refractivity contribution in [2.45, 2.75) is 4.90 Å². The second kappa shape index (κ2) is 5.37. The van der Waals surface area contributed by atoms with E-state index in [9.17, 15) is 22.3 Å². The van der Waals surface area contributed by atoms with Crippen LogP contribution in [-0.2, 0) is 10.0 Å². The maximum absolute atomic E-state index is 13.6. The molecule has 0 saturated carbocycles. The number of anilines is 1. The molecule has 20 heavy (non-hydrogen) atoms. The number of phenols is 1. The van der Waals surface area contributed by atoms with E-state index >= 15 is 0 Å². The molecule has 0 saturated heterocycles. The second-order valence-corrected chi connectivity index (χ2v) is 6.45. The van der Waals surface area contributed by atoms with E-state index in [1.807, 2.05) is 4.72 Å². The first kappa shape index (κ1) is 14.7. The first-order valence-corrected chi connectivity index (χ1v) is 7.53. The zero-order valence-electron chi connectivity index (χ0n) is 9.77. The number of rotatable bonds is 3. The average molecular weight is 364 g/mol. The molecular formula is C12H8BrF2NO3S. The molecule has 0 fully saturated rings. The number of aromatic hydroxyl groups is 1. The van der Waals surface area contributed by atoms with Gasteiger partial charge >= 0.3 is 0 Å². The third-order valence-electron chi connectivity index (χ3n) is 2.37. The molecule has 2 N–H and O–H groups in total. The molecule has 0 radical (unpaired) electrons. The molecule has 0 spiro atoms. The topological polar surface area (TPSA) is 66.4 Å². The molecule has 2 aromatic carbocycles. The van der Waals surface area contributed by atoms with Crippen molar-refractivity contribution in [2.75, 3.05) is 4.72 Å². The molecule has 0 bridgehead atoms. The van der Waals surface area contributed by atoms with E-state index in [0.717, 1.165) is 18.2 Å². The summed E-state index contributed by atoms with van der Waals surface area (Å²) in [6.45, 7) is 0. The lowest BCUT2D eigenvalue weighted by Gasteiger charge is -2.10. The van der Waals surface area contributed by atoms with Gasteiger partial charge in [0.25, 0.3) is 10.0 Å². The Kier molecular flexibility index (Phi) is 3.96. The zero-order valence-corrected chi connectivity index (χ0v) is 12.2. The van der Waals surface area contributed by atoms with Crippen LogP contribution in [0.3, 0.4) is 0 Å². The largest absolute Gasteiger partial charge is 0.508 e. The van der Waals surface area contributed by atoms with Crippen molar-refractivity contribution in [2.24, 2.45) is 0 Å². The standard InChI is InChI=1S/C12H8BrF2NO3S/c13-7-4-10(14)12(11(15)5-7)16-20(18,19)9-3-1-2-8(17)6-9/h1-6,16-17H. The lowest BCUT2D eigenvalue weighted by Crippen LogP contribution is -2.15. The molecule has 0 atom stereocenters. The predicted molar refractivity (Wildman–Crippen MR) is 73.0 cm³/mol. The quantitative estimate of drug-likeness (QED) is 0.879. The van der Waals surface area contributed by atoms with Crippen LogP contribution in [0.5, 0.6) is 5.75 Å². The molecule has 2 aromatic rings. The van der Waals surface area contributed by atoms with Crippen LogP contribution >= 0.6 is 15.9 Å². The number of phenolic OH excluding ortho intramolecular Hbond substituents is 1. The Morgan fingerprint density at radius 3 is 2.25 bits per heavy atom. The lowest BCUT2D eigenvalue weighted by molar-refractivity contribution is 0.473. The van der Waals surface area contributed by atoms with Gasteiger partial charge in [-0.3, -0.25) is 4.72 Å². The molecular weight excluding hydrogens is 356 g/mol. The summed E-state index contributed by atoms with van der Waals surface area (Å²) in [6, 6.07) is 6.61. The Morgan fingerprint density at radius 2 is 1.70 bits per heavy atom. The summed E-state index contributed by atoms with van der Waals surface area (Å²) >= 11 is 2.89.